The molecule has 0 fully saturated rings. The van der Waals surface area contributed by atoms with Crippen molar-refractivity contribution >= 4 is 69.0 Å². The van der Waals surface area contributed by atoms with Crippen LogP contribution in [0.1, 0.15) is 27.7 Å². The molecule has 4 nitrogen and oxygen atoms in total. The summed E-state index contributed by atoms with van der Waals surface area (Å²) in [7, 11) is 0. The maximum atomic E-state index is 13.5. The first-order valence-corrected chi connectivity index (χ1v) is 10.7. The van der Waals surface area contributed by atoms with Gasteiger partial charge in [-0.15, -0.1) is 0 Å². The van der Waals surface area contributed by atoms with Crippen molar-refractivity contribution in [2.45, 2.75) is 6.04 Å². The summed E-state index contributed by atoms with van der Waals surface area (Å²) < 4.78 is 5.90. The summed E-state index contributed by atoms with van der Waals surface area (Å²) in [5, 5.41) is 1.80. The highest BCUT2D eigenvalue weighted by molar-refractivity contribution is 6.42. The highest BCUT2D eigenvalue weighted by atomic mass is 35.5. The van der Waals surface area contributed by atoms with E-state index in [0.717, 1.165) is 0 Å². The quantitative estimate of drug-likeness (QED) is 0.299. The van der Waals surface area contributed by atoms with E-state index >= 15 is 0 Å². The number of anilines is 1. The zero-order valence-electron chi connectivity index (χ0n) is 15.5. The Balaban J connectivity index is 1.84. The van der Waals surface area contributed by atoms with Crippen LogP contribution in [0.4, 0.5) is 5.69 Å². The molecule has 0 aliphatic carbocycles. The smallest absolute Gasteiger partial charge is 0.295 e. The molecule has 31 heavy (non-hydrogen) atoms. The number of carbonyl (C=O) groups excluding carboxylic acids is 1. The molecule has 5 rings (SSSR count). The number of hydrogen-bond donors (Lipinski definition) is 0. The molecule has 0 N–H and O–H groups in total. The van der Waals surface area contributed by atoms with Gasteiger partial charge in [0, 0.05) is 15.7 Å². The van der Waals surface area contributed by atoms with Gasteiger partial charge in [-0.25, -0.2) is 0 Å². The van der Waals surface area contributed by atoms with E-state index in [1.54, 1.807) is 54.6 Å². The molecule has 1 aliphatic heterocycles. The average molecular weight is 491 g/mol. The van der Waals surface area contributed by atoms with Crippen LogP contribution < -0.4 is 10.3 Å². The van der Waals surface area contributed by atoms with Crippen molar-refractivity contribution in [3.63, 3.8) is 0 Å². The third-order valence-electron chi connectivity index (χ3n) is 5.18. The second kappa shape index (κ2) is 7.57. The molecule has 1 unspecified atom stereocenters. The molecule has 0 spiro atoms. The maximum absolute atomic E-state index is 13.5. The van der Waals surface area contributed by atoms with Crippen molar-refractivity contribution in [2.24, 2.45) is 0 Å². The summed E-state index contributed by atoms with van der Waals surface area (Å²) in [6.07, 6.45) is 0. The van der Waals surface area contributed by atoms with Gasteiger partial charge >= 0.3 is 0 Å². The van der Waals surface area contributed by atoms with Crippen LogP contribution in [0.5, 0.6) is 0 Å². The van der Waals surface area contributed by atoms with Crippen LogP contribution in [0.3, 0.4) is 0 Å². The molecule has 0 saturated carbocycles. The molecule has 8 heteroatoms. The zero-order chi connectivity index (χ0) is 21.9. The predicted octanol–water partition coefficient (Wildman–Crippen LogP) is 7.16. The fourth-order valence-electron chi connectivity index (χ4n) is 3.84. The number of hydrogen-bond acceptors (Lipinski definition) is 3. The first-order chi connectivity index (χ1) is 14.8. The summed E-state index contributed by atoms with van der Waals surface area (Å²) in [5.41, 5.74) is 1.27. The lowest BCUT2D eigenvalue weighted by Gasteiger charge is -2.25. The highest BCUT2D eigenvalue weighted by Gasteiger charge is 2.43. The Hall–Kier alpha value is -2.50. The average Bonchev–Trinajstić information content (AvgIpc) is 3.03. The maximum Gasteiger partial charge on any atom is 0.295 e. The van der Waals surface area contributed by atoms with Crippen LogP contribution in [0.15, 0.2) is 69.9 Å². The third-order valence-corrected chi connectivity index (χ3v) is 6.39. The van der Waals surface area contributed by atoms with Crippen LogP contribution >= 0.6 is 46.4 Å². The van der Waals surface area contributed by atoms with E-state index < -0.39 is 11.9 Å². The lowest BCUT2D eigenvalue weighted by Crippen LogP contribution is -2.29. The third kappa shape index (κ3) is 3.31. The molecular formula is C23H11Cl4NO3. The second-order valence-corrected chi connectivity index (χ2v) is 8.73. The van der Waals surface area contributed by atoms with Crippen LogP contribution in [0.2, 0.25) is 20.1 Å². The summed E-state index contributed by atoms with van der Waals surface area (Å²) >= 11 is 24.6. The van der Waals surface area contributed by atoms with Gasteiger partial charge in [0.25, 0.3) is 5.91 Å². The van der Waals surface area contributed by atoms with E-state index in [1.165, 1.54) is 11.0 Å². The van der Waals surface area contributed by atoms with Gasteiger partial charge in [-0.05, 0) is 54.1 Å². The molecule has 154 valence electrons. The minimum absolute atomic E-state index is 0.0316. The van der Waals surface area contributed by atoms with Crippen molar-refractivity contribution in [3.05, 3.63) is 108 Å². The van der Waals surface area contributed by atoms with Gasteiger partial charge in [-0.3, -0.25) is 14.5 Å². The van der Waals surface area contributed by atoms with E-state index in [2.05, 4.69) is 0 Å². The number of carbonyl (C=O) groups is 1. The molecule has 2 heterocycles. The standard InChI is InChI=1S/C23H11Cl4NO3/c24-12-2-1-3-14(9-12)28-20(11-4-6-16(26)17(27)8-11)19-21(29)15-10-13(25)5-7-18(15)31-22(19)23(28)30/h1-10,20H. The molecule has 1 atom stereocenters. The van der Waals surface area contributed by atoms with Gasteiger partial charge in [0.1, 0.15) is 5.58 Å². The Labute approximate surface area is 196 Å². The largest absolute Gasteiger partial charge is 0.450 e. The molecule has 1 aromatic heterocycles. The van der Waals surface area contributed by atoms with Crippen molar-refractivity contribution < 1.29 is 9.21 Å². The van der Waals surface area contributed by atoms with Crippen molar-refractivity contribution in [3.8, 4) is 0 Å². The lowest BCUT2D eigenvalue weighted by molar-refractivity contribution is 0.0971. The van der Waals surface area contributed by atoms with E-state index in [-0.39, 0.29) is 27.7 Å². The molecule has 4 aromatic rings. The monoisotopic (exact) mass is 489 g/mol. The lowest BCUT2D eigenvalue weighted by atomic mass is 9.98. The summed E-state index contributed by atoms with van der Waals surface area (Å²) in [5.74, 6) is -0.488. The second-order valence-electron chi connectivity index (χ2n) is 7.05. The predicted molar refractivity (Wildman–Crippen MR) is 124 cm³/mol. The Kier molecular flexibility index (Phi) is 4.98. The summed E-state index contributed by atoms with van der Waals surface area (Å²) in [4.78, 5) is 28.5. The fraction of sp³-hybridized carbons (Fsp3) is 0.0435. The SMILES string of the molecule is O=C1c2oc3ccc(Cl)cc3c(=O)c2C(c2ccc(Cl)c(Cl)c2)N1c1cccc(Cl)c1. The van der Waals surface area contributed by atoms with Crippen LogP contribution in [-0.2, 0) is 0 Å². The summed E-state index contributed by atoms with van der Waals surface area (Å²) in [6.45, 7) is 0. The minimum atomic E-state index is -0.782. The van der Waals surface area contributed by atoms with Crippen LogP contribution in [0, 0.1) is 0 Å². The molecular weight excluding hydrogens is 480 g/mol. The molecule has 0 saturated heterocycles. The van der Waals surface area contributed by atoms with E-state index in [9.17, 15) is 9.59 Å². The Morgan fingerprint density at radius 2 is 1.58 bits per heavy atom. The van der Waals surface area contributed by atoms with E-state index in [0.29, 0.717) is 31.3 Å². The first kappa shape index (κ1) is 20.4. The summed E-state index contributed by atoms with van der Waals surface area (Å²) in [6, 6.07) is 15.7. The van der Waals surface area contributed by atoms with E-state index in [4.69, 9.17) is 50.8 Å². The zero-order valence-corrected chi connectivity index (χ0v) is 18.6. The molecule has 0 radical (unpaired) electrons. The molecule has 3 aromatic carbocycles. The van der Waals surface area contributed by atoms with Gasteiger partial charge in [-0.2, -0.15) is 0 Å². The Morgan fingerprint density at radius 1 is 0.806 bits per heavy atom. The topological polar surface area (TPSA) is 50.5 Å². The van der Waals surface area contributed by atoms with E-state index in [1.807, 2.05) is 0 Å². The molecule has 1 amide bonds. The van der Waals surface area contributed by atoms with Gasteiger partial charge in [0.2, 0.25) is 5.76 Å². The number of halogens is 4. The molecule has 0 bridgehead atoms. The highest BCUT2D eigenvalue weighted by Crippen LogP contribution is 2.43. The van der Waals surface area contributed by atoms with Crippen molar-refractivity contribution in [1.82, 2.24) is 0 Å². The van der Waals surface area contributed by atoms with Crippen molar-refractivity contribution in [1.29, 1.82) is 0 Å². The number of benzene rings is 3. The van der Waals surface area contributed by atoms with Gasteiger partial charge in [-0.1, -0.05) is 58.5 Å². The van der Waals surface area contributed by atoms with Crippen molar-refractivity contribution in [2.75, 3.05) is 4.90 Å². The van der Waals surface area contributed by atoms with Gasteiger partial charge < -0.3 is 4.42 Å². The Morgan fingerprint density at radius 3 is 2.32 bits per heavy atom. The number of nitrogens with zero attached hydrogens (tertiary/aromatic N) is 1. The first-order valence-electron chi connectivity index (χ1n) is 9.15. The number of rotatable bonds is 2. The fourth-order valence-corrected chi connectivity index (χ4v) is 4.50. The van der Waals surface area contributed by atoms with Crippen LogP contribution in [0.25, 0.3) is 11.0 Å². The number of amides is 1. The number of fused-ring (bicyclic) bond motifs is 2. The normalized spacial score (nSPS) is 15.5. The minimum Gasteiger partial charge on any atom is -0.450 e. The van der Waals surface area contributed by atoms with Gasteiger partial charge in [0.05, 0.1) is 27.0 Å². The molecule has 1 aliphatic rings. The van der Waals surface area contributed by atoms with Crippen LogP contribution in [-0.4, -0.2) is 5.91 Å². The van der Waals surface area contributed by atoms with Gasteiger partial charge in [0.15, 0.2) is 5.43 Å². The Bertz CT molecular complexity index is 1450.